The maximum atomic E-state index is 8.52. The second-order valence-electron chi connectivity index (χ2n) is 3.06. The standard InChI is InChI=1S/C10H21NO2/c12-9-5-2-1-3-7-11-8-4-6-10-13/h6,10-13H,1-5,7-9H2/b10-6+. The SMILES string of the molecule is O/C=C/CCNCCCCCCO. The maximum absolute atomic E-state index is 8.52. The minimum absolute atomic E-state index is 0.314. The van der Waals surface area contributed by atoms with Crippen LogP contribution >= 0.6 is 0 Å². The Morgan fingerprint density at radius 2 is 1.77 bits per heavy atom. The van der Waals surface area contributed by atoms with Crippen molar-refractivity contribution in [3.63, 3.8) is 0 Å². The number of aliphatic hydroxyl groups excluding tert-OH is 2. The van der Waals surface area contributed by atoms with E-state index in [0.29, 0.717) is 6.61 Å². The predicted octanol–water partition coefficient (Wildman–Crippen LogP) is 1.59. The largest absolute Gasteiger partial charge is 0.516 e. The molecular formula is C10H21NO2. The molecule has 0 radical (unpaired) electrons. The van der Waals surface area contributed by atoms with Gasteiger partial charge >= 0.3 is 0 Å². The molecule has 0 rings (SSSR count). The molecule has 78 valence electrons. The van der Waals surface area contributed by atoms with Gasteiger partial charge in [-0.05, 0) is 38.4 Å². The molecule has 0 aliphatic heterocycles. The minimum Gasteiger partial charge on any atom is -0.516 e. The molecule has 0 bridgehead atoms. The molecule has 13 heavy (non-hydrogen) atoms. The quantitative estimate of drug-likeness (QED) is 0.379. The molecule has 0 spiro atoms. The lowest BCUT2D eigenvalue weighted by molar-refractivity contribution is 0.282. The number of hydrogen-bond donors (Lipinski definition) is 3. The Bertz CT molecular complexity index is 115. The topological polar surface area (TPSA) is 52.5 Å². The lowest BCUT2D eigenvalue weighted by atomic mass is 10.2. The van der Waals surface area contributed by atoms with Crippen molar-refractivity contribution >= 4 is 0 Å². The molecule has 0 fully saturated rings. The van der Waals surface area contributed by atoms with E-state index in [2.05, 4.69) is 5.32 Å². The van der Waals surface area contributed by atoms with Crippen molar-refractivity contribution in [1.29, 1.82) is 0 Å². The predicted molar refractivity (Wildman–Crippen MR) is 54.8 cm³/mol. The van der Waals surface area contributed by atoms with Crippen LogP contribution in [-0.4, -0.2) is 29.9 Å². The fraction of sp³-hybridized carbons (Fsp3) is 0.800. The molecule has 0 saturated carbocycles. The van der Waals surface area contributed by atoms with E-state index in [9.17, 15) is 0 Å². The van der Waals surface area contributed by atoms with Gasteiger partial charge in [0.15, 0.2) is 0 Å². The summed E-state index contributed by atoms with van der Waals surface area (Å²) in [6.07, 6.45) is 8.10. The number of unbranched alkanes of at least 4 members (excludes halogenated alkanes) is 3. The molecule has 0 amide bonds. The average Bonchev–Trinajstić information content (AvgIpc) is 2.16. The Kier molecular flexibility index (Phi) is 11.0. The third-order valence-electron chi connectivity index (χ3n) is 1.85. The molecule has 0 aromatic carbocycles. The molecule has 0 saturated heterocycles. The van der Waals surface area contributed by atoms with Crippen molar-refractivity contribution in [2.24, 2.45) is 0 Å². The van der Waals surface area contributed by atoms with Crippen LogP contribution in [0.15, 0.2) is 12.3 Å². The zero-order valence-corrected chi connectivity index (χ0v) is 8.21. The van der Waals surface area contributed by atoms with Crippen molar-refractivity contribution in [2.75, 3.05) is 19.7 Å². The number of rotatable bonds is 9. The Morgan fingerprint density at radius 3 is 2.46 bits per heavy atom. The molecule has 0 heterocycles. The van der Waals surface area contributed by atoms with Gasteiger partial charge in [-0.1, -0.05) is 12.8 Å². The van der Waals surface area contributed by atoms with Crippen molar-refractivity contribution in [1.82, 2.24) is 5.32 Å². The van der Waals surface area contributed by atoms with Gasteiger partial charge in [0.05, 0.1) is 6.26 Å². The van der Waals surface area contributed by atoms with Crippen LogP contribution in [0.1, 0.15) is 32.1 Å². The molecule has 0 unspecified atom stereocenters. The van der Waals surface area contributed by atoms with Crippen LogP contribution in [0, 0.1) is 0 Å². The Hall–Kier alpha value is -0.540. The summed E-state index contributed by atoms with van der Waals surface area (Å²) in [6.45, 7) is 2.27. The Balaban J connectivity index is 2.83. The zero-order chi connectivity index (χ0) is 9.78. The highest BCUT2D eigenvalue weighted by molar-refractivity contribution is 4.72. The second-order valence-corrected chi connectivity index (χ2v) is 3.06. The molecule has 3 heteroatoms. The molecule has 0 aliphatic carbocycles. The van der Waals surface area contributed by atoms with E-state index in [-0.39, 0.29) is 0 Å². The maximum Gasteiger partial charge on any atom is 0.0752 e. The normalized spacial score (nSPS) is 11.2. The lowest BCUT2D eigenvalue weighted by Crippen LogP contribution is -2.15. The van der Waals surface area contributed by atoms with E-state index in [1.807, 2.05) is 0 Å². The van der Waals surface area contributed by atoms with E-state index in [0.717, 1.165) is 38.6 Å². The first-order valence-electron chi connectivity index (χ1n) is 5.02. The summed E-state index contributed by atoms with van der Waals surface area (Å²) in [7, 11) is 0. The second kappa shape index (κ2) is 11.5. The highest BCUT2D eigenvalue weighted by atomic mass is 16.3. The van der Waals surface area contributed by atoms with Crippen molar-refractivity contribution in [3.8, 4) is 0 Å². The molecular weight excluding hydrogens is 166 g/mol. The van der Waals surface area contributed by atoms with Crippen LogP contribution < -0.4 is 5.32 Å². The number of aliphatic hydroxyl groups is 2. The first-order valence-corrected chi connectivity index (χ1v) is 5.02. The average molecular weight is 187 g/mol. The number of nitrogens with one attached hydrogen (secondary N) is 1. The summed E-state index contributed by atoms with van der Waals surface area (Å²) in [4.78, 5) is 0. The van der Waals surface area contributed by atoms with E-state index >= 15 is 0 Å². The van der Waals surface area contributed by atoms with Gasteiger partial charge in [0.25, 0.3) is 0 Å². The number of hydrogen-bond acceptors (Lipinski definition) is 3. The first kappa shape index (κ1) is 12.5. The third-order valence-corrected chi connectivity index (χ3v) is 1.85. The summed E-state index contributed by atoms with van der Waals surface area (Å²) in [6, 6.07) is 0. The fourth-order valence-electron chi connectivity index (χ4n) is 1.10. The van der Waals surface area contributed by atoms with E-state index in [1.165, 1.54) is 12.8 Å². The zero-order valence-electron chi connectivity index (χ0n) is 8.21. The van der Waals surface area contributed by atoms with E-state index in [4.69, 9.17) is 10.2 Å². The highest BCUT2D eigenvalue weighted by Gasteiger charge is 1.88. The van der Waals surface area contributed by atoms with Crippen LogP contribution in [0.2, 0.25) is 0 Å². The van der Waals surface area contributed by atoms with Gasteiger partial charge in [-0.15, -0.1) is 0 Å². The summed E-state index contributed by atoms with van der Waals surface area (Å²) < 4.78 is 0. The fourth-order valence-corrected chi connectivity index (χ4v) is 1.10. The van der Waals surface area contributed by atoms with Crippen LogP contribution in [0.5, 0.6) is 0 Å². The van der Waals surface area contributed by atoms with Crippen molar-refractivity contribution in [2.45, 2.75) is 32.1 Å². The van der Waals surface area contributed by atoms with Gasteiger partial charge in [0, 0.05) is 6.61 Å². The van der Waals surface area contributed by atoms with Crippen LogP contribution in [0.3, 0.4) is 0 Å². The molecule has 0 atom stereocenters. The van der Waals surface area contributed by atoms with Gasteiger partial charge in [-0.3, -0.25) is 0 Å². The van der Waals surface area contributed by atoms with Crippen molar-refractivity contribution < 1.29 is 10.2 Å². The van der Waals surface area contributed by atoms with Gasteiger partial charge in [0.1, 0.15) is 0 Å². The Morgan fingerprint density at radius 1 is 1.00 bits per heavy atom. The summed E-state index contributed by atoms with van der Waals surface area (Å²) in [5.74, 6) is 0. The van der Waals surface area contributed by atoms with E-state index in [1.54, 1.807) is 6.08 Å². The third kappa shape index (κ3) is 11.5. The summed E-state index contributed by atoms with van der Waals surface area (Å²) in [5.41, 5.74) is 0. The molecule has 0 aromatic heterocycles. The van der Waals surface area contributed by atoms with Gasteiger partial charge in [0.2, 0.25) is 0 Å². The summed E-state index contributed by atoms with van der Waals surface area (Å²) in [5, 5.41) is 20.1. The van der Waals surface area contributed by atoms with Crippen molar-refractivity contribution in [3.05, 3.63) is 12.3 Å². The first-order chi connectivity index (χ1) is 6.41. The van der Waals surface area contributed by atoms with Gasteiger partial charge in [-0.25, -0.2) is 0 Å². The molecule has 0 aromatic rings. The van der Waals surface area contributed by atoms with Crippen LogP contribution in [-0.2, 0) is 0 Å². The Labute approximate surface area is 80.5 Å². The molecule has 0 aliphatic rings. The lowest BCUT2D eigenvalue weighted by Gasteiger charge is -2.01. The van der Waals surface area contributed by atoms with Crippen LogP contribution in [0.4, 0.5) is 0 Å². The minimum atomic E-state index is 0.314. The smallest absolute Gasteiger partial charge is 0.0752 e. The monoisotopic (exact) mass is 187 g/mol. The molecule has 3 N–H and O–H groups in total. The van der Waals surface area contributed by atoms with E-state index < -0.39 is 0 Å². The summed E-state index contributed by atoms with van der Waals surface area (Å²) >= 11 is 0. The molecule has 3 nitrogen and oxygen atoms in total. The highest BCUT2D eigenvalue weighted by Crippen LogP contribution is 1.97. The van der Waals surface area contributed by atoms with Gasteiger partial charge in [-0.2, -0.15) is 0 Å². The van der Waals surface area contributed by atoms with Crippen LogP contribution in [0.25, 0.3) is 0 Å². The van der Waals surface area contributed by atoms with Gasteiger partial charge < -0.3 is 15.5 Å².